The molecule has 4 radical (unpaired) electrons. The third kappa shape index (κ3) is 8.84. The first kappa shape index (κ1) is 9.61. The maximum absolute atomic E-state index is 9.82. The van der Waals surface area contributed by atoms with Gasteiger partial charge in [0.2, 0.25) is 0 Å². The summed E-state index contributed by atoms with van der Waals surface area (Å²) in [5.74, 6) is 0. The van der Waals surface area contributed by atoms with E-state index in [0.29, 0.717) is 0 Å². The van der Waals surface area contributed by atoms with E-state index in [9.17, 15) is 5.02 Å². The predicted octanol–water partition coefficient (Wildman–Crippen LogP) is 0.0788. The van der Waals surface area contributed by atoms with E-state index in [1.807, 2.05) is 0 Å². The fourth-order valence-corrected chi connectivity index (χ4v) is 0. The molecule has 0 bridgehead atoms. The second kappa shape index (κ2) is 9.02. The molecule has 4 heavy (non-hydrogen) atoms. The Morgan fingerprint density at radius 2 is 1.25 bits per heavy atom. The van der Waals surface area contributed by atoms with Crippen molar-refractivity contribution in [2.45, 2.75) is 0 Å². The molecule has 0 aliphatic carbocycles. The molecule has 0 saturated carbocycles. The molecule has 0 amide bonds. The molecule has 0 saturated heterocycles. The van der Waals surface area contributed by atoms with Gasteiger partial charge < -0.3 is 0 Å². The topological polar surface area (TPSA) is 0 Å². The van der Waals surface area contributed by atoms with E-state index < -0.39 is 25.5 Å². The zero-order chi connectivity index (χ0) is 2.71. The van der Waals surface area contributed by atoms with Crippen LogP contribution in [0.3, 0.4) is 0 Å². The van der Waals surface area contributed by atoms with Crippen LogP contribution in [0.2, 0.25) is 0 Å². The van der Waals surface area contributed by atoms with Gasteiger partial charge in [0.1, 0.15) is 0 Å². The van der Waals surface area contributed by atoms with Gasteiger partial charge in [-0.05, 0) is 0 Å². The standard InChI is InChI=1S/Ba.2FH.Pb/h;2*1H;/q;;;+2/p-2. The average molecular weight is 383 g/mol. The minimum absolute atomic E-state index is 0. The molecule has 0 rings (SSSR count). The van der Waals surface area contributed by atoms with E-state index in [1.54, 1.807) is 0 Å². The number of rotatable bonds is 0. The molecule has 0 atom stereocenters. The van der Waals surface area contributed by atoms with E-state index in [2.05, 4.69) is 0 Å². The van der Waals surface area contributed by atoms with Gasteiger partial charge in [0.05, 0.1) is 0 Å². The van der Waals surface area contributed by atoms with Gasteiger partial charge in [-0.25, -0.2) is 0 Å². The zero-order valence-corrected chi connectivity index (χ0v) is 10.3. The van der Waals surface area contributed by atoms with Crippen LogP contribution in [0.15, 0.2) is 0 Å². The van der Waals surface area contributed by atoms with E-state index in [1.165, 1.54) is 0 Å². The molecule has 0 fully saturated rings. The van der Waals surface area contributed by atoms with Crippen LogP contribution in [0.5, 0.6) is 0 Å². The van der Waals surface area contributed by atoms with E-state index in [-0.39, 0.29) is 48.9 Å². The quantitative estimate of drug-likeness (QED) is 0.521. The van der Waals surface area contributed by atoms with Crippen LogP contribution in [-0.4, -0.2) is 74.4 Å². The summed E-state index contributed by atoms with van der Waals surface area (Å²) in [4.78, 5) is 0. The Hall–Kier alpha value is 2.35. The zero-order valence-electron chi connectivity index (χ0n) is 1.96. The van der Waals surface area contributed by atoms with Crippen LogP contribution in [0, 0.1) is 0 Å². The van der Waals surface area contributed by atoms with Crippen molar-refractivity contribution in [3.8, 4) is 0 Å². The van der Waals surface area contributed by atoms with Crippen molar-refractivity contribution in [3.63, 3.8) is 0 Å². The first-order valence-electron chi connectivity index (χ1n) is 0.378. The van der Waals surface area contributed by atoms with Crippen LogP contribution < -0.4 is 0 Å². The van der Waals surface area contributed by atoms with Gasteiger partial charge in [0.25, 0.3) is 0 Å². The maximum atomic E-state index is 9.82. The van der Waals surface area contributed by atoms with Crippen molar-refractivity contribution in [1.29, 1.82) is 0 Å². The molecule has 0 aromatic carbocycles. The molecule has 0 spiro atoms. The molecular formula is BaF2Pb. The summed E-state index contributed by atoms with van der Waals surface area (Å²) in [6.45, 7) is 0. The summed E-state index contributed by atoms with van der Waals surface area (Å²) in [5, 5.41) is 0. The molecule has 20 valence electrons. The number of hydrogen-bond donors (Lipinski definition) is 0. The monoisotopic (exact) mass is 384 g/mol. The Morgan fingerprint density at radius 1 is 1.25 bits per heavy atom. The SMILES string of the molecule is [Ba].[F][Pb][F]. The van der Waals surface area contributed by atoms with Crippen molar-refractivity contribution in [2.75, 3.05) is 0 Å². The third-order valence-corrected chi connectivity index (χ3v) is 0. The number of hydrogen-bond acceptors (Lipinski definition) is 0. The second-order valence-electron chi connectivity index (χ2n) is 0.0714. The molecular weight excluding hydrogens is 383 g/mol. The fraction of sp³-hybridized carbons (Fsp3) is 0. The second-order valence-corrected chi connectivity index (χ2v) is 0.627. The van der Waals surface area contributed by atoms with Crippen LogP contribution in [0.1, 0.15) is 0 Å². The van der Waals surface area contributed by atoms with Crippen LogP contribution in [-0.2, 0) is 0 Å². The molecule has 0 aliphatic rings. The van der Waals surface area contributed by atoms with Gasteiger partial charge >= 0.3 is 30.5 Å². The van der Waals surface area contributed by atoms with E-state index >= 15 is 0 Å². The normalized spacial score (nSPS) is 4.50. The number of halogens is 2. The summed E-state index contributed by atoms with van der Waals surface area (Å²) in [6.07, 6.45) is 0. The molecule has 0 aliphatic heterocycles. The molecule has 0 aromatic rings. The molecule has 4 heteroatoms. The average Bonchev–Trinajstić information content (AvgIpc) is 0.918. The molecule has 0 aromatic heterocycles. The Kier molecular flexibility index (Phi) is 21.7. The van der Waals surface area contributed by atoms with Gasteiger partial charge in [-0.1, -0.05) is 0 Å². The van der Waals surface area contributed by atoms with Crippen LogP contribution in [0.4, 0.5) is 5.02 Å². The third-order valence-electron chi connectivity index (χ3n) is 0. The summed E-state index contributed by atoms with van der Waals surface area (Å²) in [5.41, 5.74) is 0. The Morgan fingerprint density at radius 3 is 1.25 bits per heavy atom. The molecule has 0 heterocycles. The Labute approximate surface area is 77.5 Å². The summed E-state index contributed by atoms with van der Waals surface area (Å²) < 4.78 is 19.6. The Balaban J connectivity index is 0. The first-order chi connectivity index (χ1) is 1.41. The van der Waals surface area contributed by atoms with Crippen molar-refractivity contribution in [2.24, 2.45) is 0 Å². The Bertz CT molecular complexity index is 6.00. The van der Waals surface area contributed by atoms with Gasteiger partial charge in [0.15, 0.2) is 0 Å². The van der Waals surface area contributed by atoms with Gasteiger partial charge in [0, 0.05) is 48.9 Å². The fourth-order valence-electron chi connectivity index (χ4n) is 0. The summed E-state index contributed by atoms with van der Waals surface area (Å²) in [7, 11) is 0. The molecule has 0 nitrogen and oxygen atoms in total. The molecule has 0 unspecified atom stereocenters. The van der Waals surface area contributed by atoms with Gasteiger partial charge in [-0.3, -0.25) is 0 Å². The first-order valence-corrected chi connectivity index (χ1v) is 3.32. The van der Waals surface area contributed by atoms with Crippen LogP contribution >= 0.6 is 0 Å². The predicted molar refractivity (Wildman–Crippen MR) is 13.7 cm³/mol. The summed E-state index contributed by atoms with van der Waals surface area (Å²) >= 11 is -2.92. The van der Waals surface area contributed by atoms with E-state index in [0.717, 1.165) is 0 Å². The van der Waals surface area contributed by atoms with Crippen molar-refractivity contribution in [3.05, 3.63) is 0 Å². The van der Waals surface area contributed by atoms with Gasteiger partial charge in [-0.15, -0.1) is 0 Å². The van der Waals surface area contributed by atoms with Crippen molar-refractivity contribution < 1.29 is 5.02 Å². The van der Waals surface area contributed by atoms with Crippen LogP contribution in [0.25, 0.3) is 0 Å². The summed E-state index contributed by atoms with van der Waals surface area (Å²) in [6, 6.07) is 0. The minimum atomic E-state index is -2.92. The van der Waals surface area contributed by atoms with Crippen molar-refractivity contribution in [1.82, 2.24) is 0 Å². The van der Waals surface area contributed by atoms with Crippen molar-refractivity contribution >= 4 is 74.4 Å². The van der Waals surface area contributed by atoms with Gasteiger partial charge in [-0.2, -0.15) is 0 Å². The molecule has 0 N–H and O–H groups in total. The van der Waals surface area contributed by atoms with E-state index in [4.69, 9.17) is 0 Å².